The summed E-state index contributed by atoms with van der Waals surface area (Å²) in [6.45, 7) is 9.54. The van der Waals surface area contributed by atoms with Crippen molar-refractivity contribution in [3.8, 4) is 5.75 Å². The van der Waals surface area contributed by atoms with E-state index in [4.69, 9.17) is 4.74 Å². The van der Waals surface area contributed by atoms with Gasteiger partial charge in [-0.15, -0.1) is 0 Å². The summed E-state index contributed by atoms with van der Waals surface area (Å²) in [7, 11) is 0. The zero-order valence-corrected chi connectivity index (χ0v) is 12.1. The van der Waals surface area contributed by atoms with Gasteiger partial charge in [0.25, 0.3) is 0 Å². The maximum absolute atomic E-state index is 5.74. The Balaban J connectivity index is 2.05. The number of unbranched alkanes of at least 4 members (excludes halogenated alkanes) is 2. The number of nitrogens with one attached hydrogen (secondary N) is 1. The van der Waals surface area contributed by atoms with Gasteiger partial charge in [-0.1, -0.05) is 19.4 Å². The Hall–Kier alpha value is -1.02. The normalized spacial score (nSPS) is 10.6. The van der Waals surface area contributed by atoms with Gasteiger partial charge in [0.2, 0.25) is 0 Å². The summed E-state index contributed by atoms with van der Waals surface area (Å²) in [5.74, 6) is 0.997. The van der Waals surface area contributed by atoms with Crippen LogP contribution in [0.4, 0.5) is 0 Å². The minimum atomic E-state index is 0.817. The number of hydrogen-bond donors (Lipinski definition) is 1. The molecule has 0 saturated carbocycles. The smallest absolute Gasteiger partial charge is 0.119 e. The second kappa shape index (κ2) is 8.98. The van der Waals surface area contributed by atoms with E-state index in [1.165, 1.54) is 30.4 Å². The van der Waals surface area contributed by atoms with Gasteiger partial charge in [-0.2, -0.15) is 0 Å². The average molecular weight is 249 g/mol. The van der Waals surface area contributed by atoms with Gasteiger partial charge in [-0.25, -0.2) is 0 Å². The predicted octanol–water partition coefficient (Wildman–Crippen LogP) is 3.85. The second-order valence-electron chi connectivity index (χ2n) is 4.91. The lowest BCUT2D eigenvalue weighted by Crippen LogP contribution is -2.17. The molecule has 0 aliphatic heterocycles. The van der Waals surface area contributed by atoms with Crippen LogP contribution in [0.2, 0.25) is 0 Å². The Kier molecular flexibility index (Phi) is 7.51. The molecule has 2 nitrogen and oxygen atoms in total. The fourth-order valence-electron chi connectivity index (χ4n) is 1.77. The van der Waals surface area contributed by atoms with Crippen molar-refractivity contribution < 1.29 is 4.74 Å². The van der Waals surface area contributed by atoms with E-state index in [-0.39, 0.29) is 0 Å². The Bertz CT molecular complexity index is 336. The van der Waals surface area contributed by atoms with E-state index in [9.17, 15) is 0 Å². The minimum Gasteiger partial charge on any atom is -0.494 e. The Morgan fingerprint density at radius 3 is 2.50 bits per heavy atom. The number of rotatable bonds is 9. The molecule has 0 amide bonds. The Labute approximate surface area is 112 Å². The summed E-state index contributed by atoms with van der Waals surface area (Å²) >= 11 is 0. The van der Waals surface area contributed by atoms with Crippen molar-refractivity contribution in [2.45, 2.75) is 46.5 Å². The van der Waals surface area contributed by atoms with Crippen LogP contribution in [0, 0.1) is 13.8 Å². The van der Waals surface area contributed by atoms with E-state index in [0.29, 0.717) is 0 Å². The van der Waals surface area contributed by atoms with Gasteiger partial charge in [0.15, 0.2) is 0 Å². The molecule has 1 rings (SSSR count). The predicted molar refractivity (Wildman–Crippen MR) is 78.4 cm³/mol. The second-order valence-corrected chi connectivity index (χ2v) is 4.91. The van der Waals surface area contributed by atoms with Gasteiger partial charge in [0, 0.05) is 0 Å². The molecule has 0 aromatic heterocycles. The molecule has 0 fully saturated rings. The molecule has 0 atom stereocenters. The minimum absolute atomic E-state index is 0.817. The molecular formula is C16H27NO. The van der Waals surface area contributed by atoms with Crippen LogP contribution in [0.15, 0.2) is 18.2 Å². The zero-order chi connectivity index (χ0) is 13.2. The van der Waals surface area contributed by atoms with Gasteiger partial charge in [0.1, 0.15) is 5.75 Å². The van der Waals surface area contributed by atoms with E-state index in [1.54, 1.807) is 0 Å². The first-order chi connectivity index (χ1) is 8.74. The van der Waals surface area contributed by atoms with Crippen molar-refractivity contribution in [2.75, 3.05) is 19.7 Å². The quantitative estimate of drug-likeness (QED) is 0.671. The molecule has 0 aliphatic rings. The SMILES string of the molecule is CCCCNCCCCOc1ccc(C)c(C)c1. The van der Waals surface area contributed by atoms with Crippen LogP contribution in [0.1, 0.15) is 43.7 Å². The van der Waals surface area contributed by atoms with Gasteiger partial charge in [-0.3, -0.25) is 0 Å². The maximum Gasteiger partial charge on any atom is 0.119 e. The van der Waals surface area contributed by atoms with E-state index in [1.807, 2.05) is 0 Å². The molecular weight excluding hydrogens is 222 g/mol. The lowest BCUT2D eigenvalue weighted by molar-refractivity contribution is 0.305. The molecule has 0 radical (unpaired) electrons. The Morgan fingerprint density at radius 1 is 1.00 bits per heavy atom. The molecule has 0 unspecified atom stereocenters. The highest BCUT2D eigenvalue weighted by Gasteiger charge is 1.97. The van der Waals surface area contributed by atoms with Crippen LogP contribution in [-0.2, 0) is 0 Å². The largest absolute Gasteiger partial charge is 0.494 e. The molecule has 102 valence electrons. The highest BCUT2D eigenvalue weighted by Crippen LogP contribution is 2.16. The van der Waals surface area contributed by atoms with Crippen molar-refractivity contribution in [2.24, 2.45) is 0 Å². The first-order valence-electron chi connectivity index (χ1n) is 7.15. The van der Waals surface area contributed by atoms with Gasteiger partial charge < -0.3 is 10.1 Å². The molecule has 0 heterocycles. The molecule has 0 aliphatic carbocycles. The molecule has 0 bridgehead atoms. The van der Waals surface area contributed by atoms with Crippen LogP contribution in [0.25, 0.3) is 0 Å². The summed E-state index contributed by atoms with van der Waals surface area (Å²) in [6, 6.07) is 6.30. The molecule has 1 aromatic carbocycles. The lowest BCUT2D eigenvalue weighted by Gasteiger charge is -2.08. The highest BCUT2D eigenvalue weighted by atomic mass is 16.5. The Morgan fingerprint density at radius 2 is 1.78 bits per heavy atom. The third kappa shape index (κ3) is 6.06. The molecule has 1 aromatic rings. The van der Waals surface area contributed by atoms with Gasteiger partial charge >= 0.3 is 0 Å². The summed E-state index contributed by atoms with van der Waals surface area (Å²) in [5, 5.41) is 3.45. The zero-order valence-electron chi connectivity index (χ0n) is 12.1. The first kappa shape index (κ1) is 15.0. The van der Waals surface area contributed by atoms with E-state index in [2.05, 4.69) is 44.3 Å². The summed E-state index contributed by atoms with van der Waals surface area (Å²) in [5.41, 5.74) is 2.62. The molecule has 0 saturated heterocycles. The summed E-state index contributed by atoms with van der Waals surface area (Å²) in [6.07, 6.45) is 4.85. The monoisotopic (exact) mass is 249 g/mol. The third-order valence-corrected chi connectivity index (χ3v) is 3.20. The standard InChI is InChI=1S/C16H27NO/c1-4-5-10-17-11-6-7-12-18-16-9-8-14(2)15(3)13-16/h8-9,13,17H,4-7,10-12H2,1-3H3. The first-order valence-corrected chi connectivity index (χ1v) is 7.15. The fourth-order valence-corrected chi connectivity index (χ4v) is 1.77. The van der Waals surface area contributed by atoms with Crippen LogP contribution < -0.4 is 10.1 Å². The van der Waals surface area contributed by atoms with Crippen LogP contribution in [0.5, 0.6) is 5.75 Å². The summed E-state index contributed by atoms with van der Waals surface area (Å²) < 4.78 is 5.74. The van der Waals surface area contributed by atoms with Crippen molar-refractivity contribution in [3.63, 3.8) is 0 Å². The number of aryl methyl sites for hydroxylation is 2. The molecule has 2 heteroatoms. The van der Waals surface area contributed by atoms with Crippen LogP contribution in [0.3, 0.4) is 0 Å². The van der Waals surface area contributed by atoms with Crippen molar-refractivity contribution in [3.05, 3.63) is 29.3 Å². The number of ether oxygens (including phenoxy) is 1. The van der Waals surface area contributed by atoms with E-state index >= 15 is 0 Å². The van der Waals surface area contributed by atoms with Crippen molar-refractivity contribution >= 4 is 0 Å². The number of hydrogen-bond acceptors (Lipinski definition) is 2. The van der Waals surface area contributed by atoms with E-state index < -0.39 is 0 Å². The van der Waals surface area contributed by atoms with Crippen LogP contribution in [-0.4, -0.2) is 19.7 Å². The summed E-state index contributed by atoms with van der Waals surface area (Å²) in [4.78, 5) is 0. The molecule has 18 heavy (non-hydrogen) atoms. The third-order valence-electron chi connectivity index (χ3n) is 3.20. The van der Waals surface area contributed by atoms with Crippen molar-refractivity contribution in [1.82, 2.24) is 5.32 Å². The van der Waals surface area contributed by atoms with Crippen molar-refractivity contribution in [1.29, 1.82) is 0 Å². The van der Waals surface area contributed by atoms with Gasteiger partial charge in [0.05, 0.1) is 6.61 Å². The van der Waals surface area contributed by atoms with E-state index in [0.717, 1.165) is 31.9 Å². The maximum atomic E-state index is 5.74. The fraction of sp³-hybridized carbons (Fsp3) is 0.625. The molecule has 0 spiro atoms. The van der Waals surface area contributed by atoms with Gasteiger partial charge in [-0.05, 0) is 69.5 Å². The topological polar surface area (TPSA) is 21.3 Å². The average Bonchev–Trinajstić information content (AvgIpc) is 2.37. The number of benzene rings is 1. The molecule has 1 N–H and O–H groups in total. The van der Waals surface area contributed by atoms with Crippen LogP contribution >= 0.6 is 0 Å². The lowest BCUT2D eigenvalue weighted by atomic mass is 10.1. The highest BCUT2D eigenvalue weighted by molar-refractivity contribution is 5.33.